The first kappa shape index (κ1) is 14.3. The lowest BCUT2D eigenvalue weighted by Crippen LogP contribution is -2.57. The number of carbonyl (C=O) groups is 1. The molecule has 6 atom stereocenters. The summed E-state index contributed by atoms with van der Waals surface area (Å²) in [7, 11) is 1.91. The number of esters is 1. The fourth-order valence-corrected chi connectivity index (χ4v) is 4.95. The van der Waals surface area contributed by atoms with E-state index >= 15 is 0 Å². The minimum absolute atomic E-state index is 0.0183. The van der Waals surface area contributed by atoms with Gasteiger partial charge in [0.05, 0.1) is 12.1 Å². The van der Waals surface area contributed by atoms with Crippen LogP contribution in [0.1, 0.15) is 51.5 Å². The predicted octanol–water partition coefficient (Wildman–Crippen LogP) is 3.14. The molecule has 1 aromatic rings. The van der Waals surface area contributed by atoms with Gasteiger partial charge in [-0.3, -0.25) is 9.48 Å². The lowest BCUT2D eigenvalue weighted by molar-refractivity contribution is -0.187. The molecule has 0 N–H and O–H groups in total. The van der Waals surface area contributed by atoms with E-state index in [1.807, 2.05) is 19.4 Å². The first-order valence-corrected chi connectivity index (χ1v) is 8.57. The van der Waals surface area contributed by atoms with E-state index < -0.39 is 0 Å². The molecular formula is C18H26N2O2. The van der Waals surface area contributed by atoms with Gasteiger partial charge in [0.2, 0.25) is 0 Å². The average molecular weight is 302 g/mol. The van der Waals surface area contributed by atoms with Gasteiger partial charge in [-0.15, -0.1) is 0 Å². The summed E-state index contributed by atoms with van der Waals surface area (Å²) in [5, 5.41) is 4.20. The molecule has 4 heteroatoms. The number of ether oxygens (including phenoxy) is 1. The van der Waals surface area contributed by atoms with Crippen molar-refractivity contribution in [3.63, 3.8) is 0 Å². The van der Waals surface area contributed by atoms with Gasteiger partial charge >= 0.3 is 5.97 Å². The monoisotopic (exact) mass is 302 g/mol. The van der Waals surface area contributed by atoms with E-state index in [1.54, 1.807) is 4.68 Å². The molecule has 4 saturated carbocycles. The van der Waals surface area contributed by atoms with Crippen LogP contribution in [-0.4, -0.2) is 21.9 Å². The Bertz CT molecular complexity index is 606. The van der Waals surface area contributed by atoms with Crippen molar-refractivity contribution in [2.45, 2.75) is 52.1 Å². The van der Waals surface area contributed by atoms with E-state index in [4.69, 9.17) is 4.74 Å². The first-order chi connectivity index (χ1) is 10.4. The van der Waals surface area contributed by atoms with Crippen molar-refractivity contribution < 1.29 is 9.53 Å². The SMILES string of the molecule is CC1C(OC(=O)C2CC2c2cnn(C)c2)CC2CC1C2(C)C. The average Bonchev–Trinajstić information content (AvgIpc) is 3.15. The number of aryl methyl sites for hydroxylation is 1. The molecule has 4 aliphatic carbocycles. The van der Waals surface area contributed by atoms with Crippen LogP contribution in [0.3, 0.4) is 0 Å². The Balaban J connectivity index is 1.36. The number of hydrogen-bond acceptors (Lipinski definition) is 3. The second-order valence-electron chi connectivity index (χ2n) is 8.33. The fourth-order valence-electron chi connectivity index (χ4n) is 4.95. The van der Waals surface area contributed by atoms with Crippen LogP contribution in [0, 0.1) is 29.1 Å². The van der Waals surface area contributed by atoms with E-state index in [0.717, 1.165) is 24.7 Å². The van der Waals surface area contributed by atoms with Crippen LogP contribution >= 0.6 is 0 Å². The van der Waals surface area contributed by atoms with E-state index in [2.05, 4.69) is 25.9 Å². The van der Waals surface area contributed by atoms with Crippen molar-refractivity contribution in [3.8, 4) is 0 Å². The molecule has 0 aromatic carbocycles. The molecule has 120 valence electrons. The molecule has 0 saturated heterocycles. The van der Waals surface area contributed by atoms with E-state index in [0.29, 0.717) is 17.3 Å². The molecule has 1 aromatic heterocycles. The van der Waals surface area contributed by atoms with Crippen molar-refractivity contribution in [2.24, 2.45) is 36.1 Å². The van der Waals surface area contributed by atoms with Crippen molar-refractivity contribution in [1.29, 1.82) is 0 Å². The topological polar surface area (TPSA) is 44.1 Å². The molecular weight excluding hydrogens is 276 g/mol. The Morgan fingerprint density at radius 3 is 2.73 bits per heavy atom. The molecule has 0 amide bonds. The Hall–Kier alpha value is -1.32. The number of rotatable bonds is 3. The van der Waals surface area contributed by atoms with Crippen LogP contribution in [0.4, 0.5) is 0 Å². The summed E-state index contributed by atoms with van der Waals surface area (Å²) in [4.78, 5) is 12.4. The van der Waals surface area contributed by atoms with Gasteiger partial charge in [0.25, 0.3) is 0 Å². The number of nitrogens with zero attached hydrogens (tertiary/aromatic N) is 2. The van der Waals surface area contributed by atoms with Crippen molar-refractivity contribution in [1.82, 2.24) is 9.78 Å². The minimum atomic E-state index is 0.0183. The fraction of sp³-hybridized carbons (Fsp3) is 0.778. The minimum Gasteiger partial charge on any atom is -0.462 e. The van der Waals surface area contributed by atoms with Crippen molar-refractivity contribution >= 4 is 5.97 Å². The van der Waals surface area contributed by atoms with E-state index in [-0.39, 0.29) is 18.0 Å². The molecule has 4 fully saturated rings. The largest absolute Gasteiger partial charge is 0.462 e. The number of fused-ring (bicyclic) bond motifs is 2. The standard InChI is InChI=1S/C18H26N2O2/c1-10-15-5-12(18(15,2)3)6-16(10)22-17(21)14-7-13(14)11-8-19-20(4)9-11/h8-10,12-16H,5-7H2,1-4H3. The van der Waals surface area contributed by atoms with Gasteiger partial charge in [0.15, 0.2) is 0 Å². The molecule has 6 unspecified atom stereocenters. The zero-order valence-corrected chi connectivity index (χ0v) is 14.0. The summed E-state index contributed by atoms with van der Waals surface area (Å²) >= 11 is 0. The van der Waals surface area contributed by atoms with Crippen LogP contribution in [0.15, 0.2) is 12.4 Å². The number of carbonyl (C=O) groups excluding carboxylic acids is 1. The second-order valence-corrected chi connectivity index (χ2v) is 8.33. The molecule has 0 aliphatic heterocycles. The highest BCUT2D eigenvalue weighted by atomic mass is 16.5. The van der Waals surface area contributed by atoms with Gasteiger partial charge in [-0.2, -0.15) is 5.10 Å². The molecule has 4 nitrogen and oxygen atoms in total. The molecule has 2 bridgehead atoms. The highest BCUT2D eigenvalue weighted by Gasteiger charge is 2.58. The van der Waals surface area contributed by atoms with Crippen molar-refractivity contribution in [3.05, 3.63) is 18.0 Å². The quantitative estimate of drug-likeness (QED) is 0.806. The summed E-state index contributed by atoms with van der Waals surface area (Å²) < 4.78 is 7.71. The van der Waals surface area contributed by atoms with Crippen LogP contribution in [0.25, 0.3) is 0 Å². The maximum absolute atomic E-state index is 12.4. The summed E-state index contributed by atoms with van der Waals surface area (Å²) in [6.07, 6.45) is 7.33. The Labute approximate surface area is 132 Å². The Kier molecular flexibility index (Phi) is 2.98. The molecule has 22 heavy (non-hydrogen) atoms. The predicted molar refractivity (Wildman–Crippen MR) is 83.1 cm³/mol. The summed E-state index contributed by atoms with van der Waals surface area (Å²) in [6.45, 7) is 7.02. The third-order valence-electron chi connectivity index (χ3n) is 6.80. The van der Waals surface area contributed by atoms with Crippen LogP contribution < -0.4 is 0 Å². The maximum Gasteiger partial charge on any atom is 0.309 e. The zero-order valence-electron chi connectivity index (χ0n) is 14.0. The summed E-state index contributed by atoms with van der Waals surface area (Å²) in [5.74, 6) is 2.36. The Morgan fingerprint density at radius 2 is 2.14 bits per heavy atom. The van der Waals surface area contributed by atoms with Crippen LogP contribution in [-0.2, 0) is 16.6 Å². The van der Waals surface area contributed by atoms with Gasteiger partial charge in [-0.1, -0.05) is 20.8 Å². The van der Waals surface area contributed by atoms with Gasteiger partial charge in [0.1, 0.15) is 6.10 Å². The van der Waals surface area contributed by atoms with Gasteiger partial charge in [-0.05, 0) is 48.0 Å². The zero-order chi connectivity index (χ0) is 15.6. The summed E-state index contributed by atoms with van der Waals surface area (Å²) in [6, 6.07) is 0. The van der Waals surface area contributed by atoms with Gasteiger partial charge in [0, 0.05) is 19.2 Å². The second kappa shape index (κ2) is 4.59. The Morgan fingerprint density at radius 1 is 1.36 bits per heavy atom. The number of aromatic nitrogens is 2. The number of hydrogen-bond donors (Lipinski definition) is 0. The summed E-state index contributed by atoms with van der Waals surface area (Å²) in [5.41, 5.74) is 1.62. The lowest BCUT2D eigenvalue weighted by atomic mass is 9.45. The van der Waals surface area contributed by atoms with Gasteiger partial charge < -0.3 is 4.74 Å². The van der Waals surface area contributed by atoms with E-state index in [1.165, 1.54) is 12.0 Å². The highest BCUT2D eigenvalue weighted by Crippen LogP contribution is 2.62. The van der Waals surface area contributed by atoms with E-state index in [9.17, 15) is 4.79 Å². The third-order valence-corrected chi connectivity index (χ3v) is 6.80. The van der Waals surface area contributed by atoms with Crippen LogP contribution in [0.5, 0.6) is 0 Å². The molecule has 0 spiro atoms. The molecule has 5 rings (SSSR count). The lowest BCUT2D eigenvalue weighted by Gasteiger charge is -2.61. The van der Waals surface area contributed by atoms with Crippen LogP contribution in [0.2, 0.25) is 0 Å². The smallest absolute Gasteiger partial charge is 0.309 e. The third kappa shape index (κ3) is 2.03. The molecule has 4 aliphatic rings. The van der Waals surface area contributed by atoms with Crippen molar-refractivity contribution in [2.75, 3.05) is 0 Å². The normalized spacial score (nSPS) is 41.6. The maximum atomic E-state index is 12.4. The molecule has 1 heterocycles. The first-order valence-electron chi connectivity index (χ1n) is 8.57. The van der Waals surface area contributed by atoms with Gasteiger partial charge in [-0.25, -0.2) is 0 Å². The molecule has 0 radical (unpaired) electrons. The highest BCUT2D eigenvalue weighted by molar-refractivity contribution is 5.77.